The summed E-state index contributed by atoms with van der Waals surface area (Å²) in [4.78, 5) is 0. The number of rotatable bonds is 4. The van der Waals surface area contributed by atoms with E-state index >= 15 is 0 Å². The second-order valence-electron chi connectivity index (χ2n) is 7.14. The van der Waals surface area contributed by atoms with Gasteiger partial charge in [0.25, 0.3) is 0 Å². The average Bonchev–Trinajstić information content (AvgIpc) is 3.08. The van der Waals surface area contributed by atoms with Crippen LogP contribution < -0.4 is 4.74 Å². The average molecular weight is 320 g/mol. The minimum absolute atomic E-state index is 0.280. The van der Waals surface area contributed by atoms with Crippen LogP contribution in [0.15, 0.2) is 36.4 Å². The first-order valence-corrected chi connectivity index (χ1v) is 9.20. The van der Waals surface area contributed by atoms with E-state index in [1.807, 2.05) is 0 Å². The Bertz CT molecular complexity index is 875. The van der Waals surface area contributed by atoms with Crippen molar-refractivity contribution in [2.45, 2.75) is 59.1 Å². The third-order valence-corrected chi connectivity index (χ3v) is 5.26. The standard InChI is InChI=1S/C22H26NO/c1-5-8-14(3)23-19(9-6-2)17-10-7-11-18-21(17)20(23)13-16-12-15(4)24-22(16)18/h6-7,9-11,13-15H,5,8,12H2,1-4H3/q+1. The van der Waals surface area contributed by atoms with Gasteiger partial charge in [-0.2, -0.15) is 4.58 Å². The summed E-state index contributed by atoms with van der Waals surface area (Å²) in [5, 5.41) is 2.64. The second kappa shape index (κ2) is 5.77. The first-order valence-electron chi connectivity index (χ1n) is 9.20. The zero-order valence-electron chi connectivity index (χ0n) is 15.1. The molecule has 2 aromatic rings. The first-order chi connectivity index (χ1) is 11.7. The number of benzene rings is 2. The molecule has 2 aliphatic rings. The highest BCUT2D eigenvalue weighted by atomic mass is 16.5. The van der Waals surface area contributed by atoms with E-state index in [9.17, 15) is 0 Å². The highest BCUT2D eigenvalue weighted by molar-refractivity contribution is 6.20. The largest absolute Gasteiger partial charge is 0.489 e. The third kappa shape index (κ3) is 2.12. The fourth-order valence-electron chi connectivity index (χ4n) is 4.35. The summed E-state index contributed by atoms with van der Waals surface area (Å²) in [6.07, 6.45) is 8.10. The fourth-order valence-corrected chi connectivity index (χ4v) is 4.35. The van der Waals surface area contributed by atoms with Crippen molar-refractivity contribution in [3.8, 4) is 5.75 Å². The van der Waals surface area contributed by atoms with E-state index in [0.29, 0.717) is 6.04 Å². The molecule has 0 radical (unpaired) electrons. The number of ether oxygens (including phenoxy) is 1. The molecule has 4 rings (SSSR count). The smallest absolute Gasteiger partial charge is 0.215 e. The summed E-state index contributed by atoms with van der Waals surface area (Å²) < 4.78 is 8.70. The van der Waals surface area contributed by atoms with Crippen LogP contribution in [-0.4, -0.2) is 22.4 Å². The van der Waals surface area contributed by atoms with Crippen molar-refractivity contribution in [1.82, 2.24) is 0 Å². The fraction of sp³-hybridized carbons (Fsp3) is 0.409. The topological polar surface area (TPSA) is 12.2 Å². The van der Waals surface area contributed by atoms with Crippen LogP contribution in [0.5, 0.6) is 5.75 Å². The molecule has 0 fully saturated rings. The van der Waals surface area contributed by atoms with Crippen molar-refractivity contribution in [1.29, 1.82) is 0 Å². The number of fused-ring (bicyclic) bond motifs is 2. The quantitative estimate of drug-likeness (QED) is 0.689. The Morgan fingerprint density at radius 3 is 2.96 bits per heavy atom. The summed E-state index contributed by atoms with van der Waals surface area (Å²) in [5.41, 5.74) is 5.40. The van der Waals surface area contributed by atoms with E-state index in [0.717, 1.165) is 12.2 Å². The summed E-state index contributed by atoms with van der Waals surface area (Å²) in [6.45, 7) is 8.87. The van der Waals surface area contributed by atoms with Gasteiger partial charge in [0.15, 0.2) is 6.04 Å². The van der Waals surface area contributed by atoms with E-state index in [1.54, 1.807) is 0 Å². The van der Waals surface area contributed by atoms with Crippen LogP contribution in [0.3, 0.4) is 0 Å². The Morgan fingerprint density at radius 2 is 2.21 bits per heavy atom. The highest BCUT2D eigenvalue weighted by Crippen LogP contribution is 2.46. The van der Waals surface area contributed by atoms with E-state index in [2.05, 4.69) is 68.7 Å². The molecule has 2 heteroatoms. The molecule has 0 N–H and O–H groups in total. The van der Waals surface area contributed by atoms with Gasteiger partial charge in [-0.25, -0.2) is 0 Å². The molecule has 0 bridgehead atoms. The van der Waals surface area contributed by atoms with Gasteiger partial charge in [0.2, 0.25) is 11.4 Å². The molecule has 124 valence electrons. The molecule has 0 aromatic heterocycles. The van der Waals surface area contributed by atoms with Crippen molar-refractivity contribution >= 4 is 22.2 Å². The molecule has 0 saturated carbocycles. The van der Waals surface area contributed by atoms with E-state index in [4.69, 9.17) is 4.74 Å². The Morgan fingerprint density at radius 1 is 1.38 bits per heavy atom. The van der Waals surface area contributed by atoms with Gasteiger partial charge in [0.05, 0.1) is 10.9 Å². The van der Waals surface area contributed by atoms with Gasteiger partial charge in [-0.05, 0) is 33.3 Å². The normalized spacial score (nSPS) is 20.1. The summed E-state index contributed by atoms with van der Waals surface area (Å²) >= 11 is 0. The van der Waals surface area contributed by atoms with Gasteiger partial charge in [0.1, 0.15) is 11.9 Å². The lowest BCUT2D eigenvalue weighted by atomic mass is 9.98. The Labute approximate surface area is 144 Å². The number of nitrogens with zero attached hydrogens (tertiary/aromatic N) is 1. The summed E-state index contributed by atoms with van der Waals surface area (Å²) in [5.74, 6) is 1.10. The predicted octanol–water partition coefficient (Wildman–Crippen LogP) is 5.37. The number of hydrogen-bond donors (Lipinski definition) is 0. The molecule has 2 nitrogen and oxygen atoms in total. The van der Waals surface area contributed by atoms with Crippen LogP contribution >= 0.6 is 0 Å². The van der Waals surface area contributed by atoms with Gasteiger partial charge < -0.3 is 4.74 Å². The minimum Gasteiger partial charge on any atom is -0.489 e. The molecule has 2 atom stereocenters. The van der Waals surface area contributed by atoms with Crippen LogP contribution in [-0.2, 0) is 6.42 Å². The van der Waals surface area contributed by atoms with Crippen molar-refractivity contribution < 1.29 is 9.31 Å². The second-order valence-corrected chi connectivity index (χ2v) is 7.14. The van der Waals surface area contributed by atoms with Gasteiger partial charge in [-0.15, -0.1) is 0 Å². The number of allylic oxidation sites excluding steroid dienone is 2. The van der Waals surface area contributed by atoms with Crippen LogP contribution in [0, 0.1) is 0 Å². The third-order valence-electron chi connectivity index (χ3n) is 5.26. The monoisotopic (exact) mass is 320 g/mol. The zero-order valence-corrected chi connectivity index (χ0v) is 15.1. The van der Waals surface area contributed by atoms with Crippen LogP contribution in [0.2, 0.25) is 0 Å². The Balaban J connectivity index is 2.03. The molecule has 2 aliphatic heterocycles. The summed E-state index contributed by atoms with van der Waals surface area (Å²) in [6, 6.07) is 9.53. The van der Waals surface area contributed by atoms with Crippen molar-refractivity contribution in [3.05, 3.63) is 47.5 Å². The molecular formula is C22H26NO+. The van der Waals surface area contributed by atoms with Crippen molar-refractivity contribution in [3.63, 3.8) is 0 Å². The summed E-state index contributed by atoms with van der Waals surface area (Å²) in [7, 11) is 0. The molecule has 0 aliphatic carbocycles. The molecule has 2 aromatic carbocycles. The lowest BCUT2D eigenvalue weighted by molar-refractivity contribution is -0.477. The maximum absolute atomic E-state index is 6.15. The molecule has 0 saturated heterocycles. The maximum Gasteiger partial charge on any atom is 0.215 e. The predicted molar refractivity (Wildman–Crippen MR) is 101 cm³/mol. The van der Waals surface area contributed by atoms with Crippen LogP contribution in [0.4, 0.5) is 5.69 Å². The van der Waals surface area contributed by atoms with Crippen LogP contribution in [0.25, 0.3) is 10.8 Å². The van der Waals surface area contributed by atoms with Crippen molar-refractivity contribution in [2.24, 2.45) is 0 Å². The highest BCUT2D eigenvalue weighted by Gasteiger charge is 2.37. The molecular weight excluding hydrogens is 294 g/mol. The lowest BCUT2D eigenvalue weighted by Crippen LogP contribution is -2.22. The van der Waals surface area contributed by atoms with E-state index < -0.39 is 0 Å². The first kappa shape index (κ1) is 15.4. The Kier molecular flexibility index (Phi) is 3.71. The van der Waals surface area contributed by atoms with Gasteiger partial charge in [-0.1, -0.05) is 25.1 Å². The number of hydrogen-bond acceptors (Lipinski definition) is 1. The maximum atomic E-state index is 6.15. The zero-order chi connectivity index (χ0) is 16.8. The van der Waals surface area contributed by atoms with Gasteiger partial charge >= 0.3 is 0 Å². The molecule has 24 heavy (non-hydrogen) atoms. The Hall–Kier alpha value is -2.09. The van der Waals surface area contributed by atoms with Gasteiger partial charge in [0, 0.05) is 35.9 Å². The van der Waals surface area contributed by atoms with Crippen molar-refractivity contribution in [2.75, 3.05) is 0 Å². The molecule has 0 spiro atoms. The minimum atomic E-state index is 0.280. The SMILES string of the molecule is CC=CC1=[N+](C(C)CCC)c2cc3c(c4cccc1c24)OC(C)C3. The molecule has 0 amide bonds. The lowest BCUT2D eigenvalue weighted by Gasteiger charge is -2.11. The van der Waals surface area contributed by atoms with E-state index in [1.165, 1.54) is 46.1 Å². The molecule has 2 heterocycles. The van der Waals surface area contributed by atoms with Gasteiger partial charge in [-0.3, -0.25) is 0 Å². The van der Waals surface area contributed by atoms with Crippen LogP contribution in [0.1, 0.15) is 51.7 Å². The van der Waals surface area contributed by atoms with E-state index in [-0.39, 0.29) is 6.10 Å². The molecule has 2 unspecified atom stereocenters.